The lowest BCUT2D eigenvalue weighted by atomic mass is 9.77. The van der Waals surface area contributed by atoms with Crippen molar-refractivity contribution in [3.8, 4) is 0 Å². The first kappa shape index (κ1) is 30.4. The van der Waals surface area contributed by atoms with Crippen molar-refractivity contribution in [1.29, 1.82) is 0 Å². The predicted molar refractivity (Wildman–Crippen MR) is 157 cm³/mol. The predicted octanol–water partition coefficient (Wildman–Crippen LogP) is 5.96. The first-order chi connectivity index (χ1) is 17.4. The average Bonchev–Trinajstić information content (AvgIpc) is 3.23. The van der Waals surface area contributed by atoms with E-state index in [9.17, 15) is 4.79 Å². The molecule has 13 heteroatoms. The van der Waals surface area contributed by atoms with Crippen LogP contribution in [0.25, 0.3) is 0 Å². The lowest BCUT2D eigenvalue weighted by molar-refractivity contribution is -0.0447. The van der Waals surface area contributed by atoms with Gasteiger partial charge in [-0.3, -0.25) is 4.57 Å². The number of nitrogens with zero attached hydrogens (tertiary/aromatic N) is 2. The van der Waals surface area contributed by atoms with E-state index in [0.717, 1.165) is 29.4 Å². The maximum atomic E-state index is 16.2. The monoisotopic (exact) mass is 605 g/mol. The number of hydrogen-bond acceptors (Lipinski definition) is 9. The van der Waals surface area contributed by atoms with Gasteiger partial charge in [0.25, 0.3) is 0 Å². The average molecular weight is 606 g/mol. The summed E-state index contributed by atoms with van der Waals surface area (Å²) in [6.45, 7) is 19.1. The number of halogens is 1. The van der Waals surface area contributed by atoms with Crippen LogP contribution in [0.5, 0.6) is 0 Å². The van der Waals surface area contributed by atoms with Crippen LogP contribution in [-0.2, 0) is 30.0 Å². The van der Waals surface area contributed by atoms with Gasteiger partial charge in [0.2, 0.25) is 5.69 Å². The number of anilines is 1. The van der Waals surface area contributed by atoms with Crippen LogP contribution in [0.3, 0.4) is 0 Å². The number of rotatable bonds is 7. The molecule has 0 spiro atoms. The van der Waals surface area contributed by atoms with Crippen molar-refractivity contribution in [1.82, 2.24) is 9.55 Å². The molecule has 2 N–H and O–H groups in total. The quantitative estimate of drug-likeness (QED) is 0.229. The fourth-order valence-corrected chi connectivity index (χ4v) is 13.4. The van der Waals surface area contributed by atoms with Gasteiger partial charge >= 0.3 is 5.69 Å². The molecule has 3 aliphatic rings. The van der Waals surface area contributed by atoms with Crippen LogP contribution in [0.15, 0.2) is 29.2 Å². The van der Waals surface area contributed by atoms with Crippen molar-refractivity contribution in [3.05, 3.63) is 34.9 Å². The highest BCUT2D eigenvalue weighted by molar-refractivity contribution is 8.68. The van der Waals surface area contributed by atoms with E-state index >= 15 is 4.39 Å². The molecule has 1 aromatic rings. The summed E-state index contributed by atoms with van der Waals surface area (Å²) in [6, 6.07) is 1.44. The maximum Gasteiger partial charge on any atom is 0.351 e. The second-order valence-electron chi connectivity index (χ2n) is 12.5. The molecular formula is C25H41FN3O5PS2Si. The summed E-state index contributed by atoms with van der Waals surface area (Å²) in [5.74, 6) is 0.430. The second-order valence-corrected chi connectivity index (χ2v) is 23.8. The molecule has 3 heterocycles. The smallest absolute Gasteiger partial charge is 0.351 e. The number of aromatic nitrogens is 2. The second kappa shape index (κ2) is 10.7. The molecular weight excluding hydrogens is 564 g/mol. The number of ether oxygens (including phenoxy) is 1. The summed E-state index contributed by atoms with van der Waals surface area (Å²) in [4.78, 5) is 16.3. The molecule has 8 atom stereocenters. The van der Waals surface area contributed by atoms with E-state index < -0.39 is 44.3 Å². The molecule has 4 rings (SSSR count). The molecule has 38 heavy (non-hydrogen) atoms. The molecule has 2 saturated heterocycles. The van der Waals surface area contributed by atoms with Gasteiger partial charge in [-0.05, 0) is 75.0 Å². The fraction of sp³-hybridized carbons (Fsp3) is 0.760. The van der Waals surface area contributed by atoms with Crippen LogP contribution >= 0.6 is 17.1 Å². The van der Waals surface area contributed by atoms with Crippen LogP contribution in [0.1, 0.15) is 60.1 Å². The van der Waals surface area contributed by atoms with Gasteiger partial charge < -0.3 is 23.9 Å². The van der Waals surface area contributed by atoms with Crippen molar-refractivity contribution >= 4 is 43.0 Å². The summed E-state index contributed by atoms with van der Waals surface area (Å²) in [5.41, 5.74) is 3.17. The molecule has 1 aromatic heterocycles. The molecule has 0 aromatic carbocycles. The molecule has 3 fully saturated rings. The zero-order chi connectivity index (χ0) is 28.3. The van der Waals surface area contributed by atoms with Crippen LogP contribution in [0.2, 0.25) is 18.1 Å². The zero-order valence-electron chi connectivity index (χ0n) is 23.3. The molecule has 0 amide bonds. The Morgan fingerprint density at radius 3 is 2.76 bits per heavy atom. The van der Waals surface area contributed by atoms with Gasteiger partial charge in [-0.1, -0.05) is 44.3 Å². The minimum atomic E-state index is -2.92. The Bertz CT molecular complexity index is 1180. The molecule has 8 nitrogen and oxygen atoms in total. The van der Waals surface area contributed by atoms with Crippen molar-refractivity contribution in [2.45, 2.75) is 107 Å². The maximum absolute atomic E-state index is 16.2. The van der Waals surface area contributed by atoms with Gasteiger partial charge in [0.1, 0.15) is 18.0 Å². The molecule has 214 valence electrons. The Hall–Kier alpha value is -0.593. The third-order valence-corrected chi connectivity index (χ3v) is 18.7. The Morgan fingerprint density at radius 2 is 2.16 bits per heavy atom. The van der Waals surface area contributed by atoms with E-state index in [1.807, 2.05) is 6.92 Å². The Balaban J connectivity index is 1.59. The molecule has 0 unspecified atom stereocenters. The summed E-state index contributed by atoms with van der Waals surface area (Å²) in [7, 11) is -2.18. The van der Waals surface area contributed by atoms with Gasteiger partial charge in [0.15, 0.2) is 20.7 Å². The van der Waals surface area contributed by atoms with Gasteiger partial charge in [-0.15, -0.1) is 0 Å². The van der Waals surface area contributed by atoms with E-state index in [1.165, 1.54) is 23.6 Å². The lowest BCUT2D eigenvalue weighted by Crippen LogP contribution is -2.44. The van der Waals surface area contributed by atoms with Gasteiger partial charge in [0, 0.05) is 10.9 Å². The highest BCUT2D eigenvalue weighted by atomic mass is 32.9. The topological polar surface area (TPSA) is 97.8 Å². The number of hydrogen-bond donors (Lipinski definition) is 1. The normalized spacial score (nSPS) is 37.8. The summed E-state index contributed by atoms with van der Waals surface area (Å²) >= 11 is 7.50. The molecule has 0 radical (unpaired) electrons. The van der Waals surface area contributed by atoms with Gasteiger partial charge in [-0.25, -0.2) is 9.18 Å². The molecule has 1 aliphatic carbocycles. The number of alkyl halides is 1. The third kappa shape index (κ3) is 6.03. The fourth-order valence-electron chi connectivity index (χ4n) is 4.89. The largest absolute Gasteiger partial charge is 0.414 e. The van der Waals surface area contributed by atoms with E-state index in [1.54, 1.807) is 0 Å². The Labute approximate surface area is 235 Å². The van der Waals surface area contributed by atoms with E-state index in [2.05, 4.69) is 52.4 Å². The number of allylic oxidation sites excluding steroid dienone is 1. The summed E-state index contributed by atoms with van der Waals surface area (Å²) < 4.78 is 42.5. The van der Waals surface area contributed by atoms with Crippen molar-refractivity contribution in [2.24, 2.45) is 5.92 Å². The molecule has 0 bridgehead atoms. The van der Waals surface area contributed by atoms with E-state index in [0.29, 0.717) is 5.92 Å². The lowest BCUT2D eigenvalue weighted by Gasteiger charge is -2.37. The van der Waals surface area contributed by atoms with Crippen LogP contribution < -0.4 is 11.4 Å². The van der Waals surface area contributed by atoms with Crippen LogP contribution in [0, 0.1) is 5.92 Å². The summed E-state index contributed by atoms with van der Waals surface area (Å²) in [6.07, 6.45) is -0.696. The Kier molecular flexibility index (Phi) is 8.53. The Morgan fingerprint density at radius 1 is 1.47 bits per heavy atom. The minimum absolute atomic E-state index is 0.0466. The highest BCUT2D eigenvalue weighted by Crippen LogP contribution is 2.76. The van der Waals surface area contributed by atoms with Gasteiger partial charge in [-0.2, -0.15) is 4.98 Å². The van der Waals surface area contributed by atoms with Crippen molar-refractivity contribution in [3.63, 3.8) is 0 Å². The van der Waals surface area contributed by atoms with Crippen molar-refractivity contribution in [2.75, 3.05) is 12.3 Å². The van der Waals surface area contributed by atoms with Crippen LogP contribution in [0.4, 0.5) is 10.2 Å². The van der Waals surface area contributed by atoms with E-state index in [4.69, 9.17) is 35.8 Å². The highest BCUT2D eigenvalue weighted by Gasteiger charge is 2.57. The standard InChI is InChI=1S/C25H41FN3O5PS2Si/c1-15(2)16-9-11-25(6)18(13-16)33-35(36,37-25)34-21-17(14-31-38(7,8)24(3,4)5)32-22(20(21)26)29-12-10-19(27)28-23(29)30/h10,12,16-18,20-22H,1,9,11,13-14H2,2-8H3,(H2,27,28,30)/t16-,17-,18+,20-,21-,22-,25+,35-/m1/s1. The minimum Gasteiger partial charge on any atom is -0.414 e. The molecule has 2 aliphatic heterocycles. The van der Waals surface area contributed by atoms with Crippen molar-refractivity contribution < 1.29 is 22.6 Å². The summed E-state index contributed by atoms with van der Waals surface area (Å²) in [5, 5.41) is -0.0466. The third-order valence-electron chi connectivity index (χ3n) is 8.50. The number of fused-ring (bicyclic) bond motifs is 1. The first-order valence-corrected chi connectivity index (χ1v) is 20.0. The molecule has 1 saturated carbocycles. The first-order valence-electron chi connectivity index (χ1n) is 13.1. The SMILES string of the molecule is C=C(C)[C@@H]1CC[C@]2(C)S[P@@](=S)(O[C@H]3[C@@H](F)[C@H](n4ccc(N)nc4=O)O[C@@H]3CO[Si](C)(C)C(C)(C)C)O[C@H]2C1. The zero-order valence-corrected chi connectivity index (χ0v) is 26.8. The van der Waals surface area contributed by atoms with Gasteiger partial charge in [0.05, 0.1) is 12.7 Å². The number of nitrogen functional groups attached to an aromatic ring is 1. The number of nitrogens with two attached hydrogens (primary N) is 1. The van der Waals surface area contributed by atoms with E-state index in [-0.39, 0.29) is 28.3 Å². The van der Waals surface area contributed by atoms with Crippen LogP contribution in [-0.4, -0.2) is 53.7 Å².